The Kier molecular flexibility index (Phi) is 2.69. The predicted octanol–water partition coefficient (Wildman–Crippen LogP) is 0.799. The highest BCUT2D eigenvalue weighted by Gasteiger charge is 2.65. The van der Waals surface area contributed by atoms with Gasteiger partial charge in [0.05, 0.1) is 0 Å². The van der Waals surface area contributed by atoms with Crippen molar-refractivity contribution in [2.75, 3.05) is 0 Å². The van der Waals surface area contributed by atoms with Gasteiger partial charge in [-0.1, -0.05) is 0 Å². The van der Waals surface area contributed by atoms with E-state index in [2.05, 4.69) is 0 Å². The molecule has 0 unspecified atom stereocenters. The summed E-state index contributed by atoms with van der Waals surface area (Å²) in [5.74, 6) is -2.52. The minimum atomic E-state index is -6.17. The topological polar surface area (TPSA) is 40.1 Å². The van der Waals surface area contributed by atoms with Crippen LogP contribution in [0, 0.1) is 0 Å². The van der Waals surface area contributed by atoms with E-state index in [-0.39, 0.29) is 6.92 Å². The summed E-state index contributed by atoms with van der Waals surface area (Å²) < 4.78 is 69.6. The molecule has 0 radical (unpaired) electrons. The van der Waals surface area contributed by atoms with Crippen molar-refractivity contribution in [3.8, 4) is 0 Å². The number of hydrogen-bond acceptors (Lipinski definition) is 2. The molecule has 0 rings (SSSR count). The smallest absolute Gasteiger partial charge is 0.395 e. The molecule has 0 aliphatic rings. The van der Waals surface area contributed by atoms with Gasteiger partial charge in [0.15, 0.2) is 0 Å². The van der Waals surface area contributed by atoms with Crippen LogP contribution in [0.2, 0.25) is 0 Å². The maximum absolute atomic E-state index is 11.6. The molecule has 13 heavy (non-hydrogen) atoms. The molecule has 0 bridgehead atoms. The fourth-order valence-corrected chi connectivity index (χ4v) is 0.560. The molecule has 0 saturated carbocycles. The monoisotopic (exact) mass is 209 g/mol. The first-order valence-electron chi connectivity index (χ1n) is 2.79. The molecule has 0 aromatic carbocycles. The van der Waals surface area contributed by atoms with Crippen molar-refractivity contribution in [1.29, 1.82) is 0 Å². The third kappa shape index (κ3) is 1.77. The third-order valence-corrected chi connectivity index (χ3v) is 1.29. The van der Waals surface area contributed by atoms with Gasteiger partial charge in [-0.3, -0.25) is 0 Å². The Morgan fingerprint density at radius 1 is 1.00 bits per heavy atom. The summed E-state index contributed by atoms with van der Waals surface area (Å²) in [6, 6.07) is 0. The van der Waals surface area contributed by atoms with E-state index < -0.39 is 23.7 Å². The first-order valence-corrected chi connectivity index (χ1v) is 2.79. The van der Waals surface area contributed by atoms with E-state index in [1.165, 1.54) is 0 Å². The number of carbonyl (C=O) groups excluding carboxylic acids is 1. The Morgan fingerprint density at radius 2 is 1.23 bits per heavy atom. The number of ketones is 1. The van der Waals surface area contributed by atoms with Gasteiger partial charge in [-0.05, 0) is 6.92 Å². The summed E-state index contributed by atoms with van der Waals surface area (Å²) in [5, 5.41) is 10.2. The van der Waals surface area contributed by atoms with Crippen molar-refractivity contribution < 1.29 is 36.2 Å². The highest BCUT2D eigenvalue weighted by atomic mass is 19.4. The van der Waals surface area contributed by atoms with Crippen LogP contribution in [0.3, 0.4) is 0 Å². The van der Waals surface area contributed by atoms with Crippen LogP contribution in [0.15, 0.2) is 0 Å². The average Bonchev–Trinajstić information content (AvgIpc) is 1.80. The normalized spacial score (nSPS) is 14.5. The second kappa shape index (κ2) is 2.86. The lowest BCUT2D eigenvalue weighted by Crippen LogP contribution is -2.70. The summed E-state index contributed by atoms with van der Waals surface area (Å²) in [5.41, 5.74) is -5.51. The molecule has 0 aromatic rings. The summed E-state index contributed by atoms with van der Waals surface area (Å²) >= 11 is 0. The van der Waals surface area contributed by atoms with Gasteiger partial charge in [0.2, 0.25) is 0 Å². The summed E-state index contributed by atoms with van der Waals surface area (Å²) in [6.45, 7) is -0.0476. The molecular formula is C5H3F6O2-. The Labute approximate surface area is 68.1 Å². The first-order chi connectivity index (χ1) is 5.44. The van der Waals surface area contributed by atoms with Crippen molar-refractivity contribution in [2.24, 2.45) is 0 Å². The van der Waals surface area contributed by atoms with Crippen molar-refractivity contribution in [3.63, 3.8) is 0 Å². The van der Waals surface area contributed by atoms with Crippen molar-refractivity contribution in [3.05, 3.63) is 0 Å². The molecule has 0 amide bonds. The second-order valence-electron chi connectivity index (χ2n) is 2.23. The zero-order valence-electron chi connectivity index (χ0n) is 6.08. The molecule has 0 aliphatic carbocycles. The number of hydrogen-bond donors (Lipinski definition) is 0. The molecule has 0 aromatic heterocycles. The van der Waals surface area contributed by atoms with Gasteiger partial charge in [-0.15, -0.1) is 0 Å². The van der Waals surface area contributed by atoms with Crippen LogP contribution >= 0.6 is 0 Å². The van der Waals surface area contributed by atoms with Crippen LogP contribution in [0.25, 0.3) is 0 Å². The maximum atomic E-state index is 11.6. The minimum Gasteiger partial charge on any atom is -0.831 e. The van der Waals surface area contributed by atoms with Gasteiger partial charge in [-0.2, -0.15) is 26.3 Å². The van der Waals surface area contributed by atoms with Gasteiger partial charge in [-0.25, -0.2) is 0 Å². The maximum Gasteiger partial charge on any atom is 0.395 e. The fourth-order valence-electron chi connectivity index (χ4n) is 0.560. The van der Waals surface area contributed by atoms with E-state index in [4.69, 9.17) is 0 Å². The molecule has 0 fully saturated rings. The van der Waals surface area contributed by atoms with E-state index in [0.29, 0.717) is 0 Å². The van der Waals surface area contributed by atoms with E-state index >= 15 is 0 Å². The summed E-state index contributed by atoms with van der Waals surface area (Å²) in [7, 11) is 0. The van der Waals surface area contributed by atoms with Crippen molar-refractivity contribution >= 4 is 5.78 Å². The van der Waals surface area contributed by atoms with Gasteiger partial charge >= 0.3 is 12.4 Å². The average molecular weight is 209 g/mol. The third-order valence-electron chi connectivity index (χ3n) is 1.29. The second-order valence-corrected chi connectivity index (χ2v) is 2.23. The summed E-state index contributed by atoms with van der Waals surface area (Å²) in [4.78, 5) is 10.0. The van der Waals surface area contributed by atoms with Gasteiger partial charge < -0.3 is 9.90 Å². The Balaban J connectivity index is 5.35. The molecule has 0 heterocycles. The predicted molar refractivity (Wildman–Crippen MR) is 25.5 cm³/mol. The zero-order chi connectivity index (χ0) is 11.1. The number of carbonyl (C=O) groups is 1. The molecule has 8 heteroatoms. The number of halogens is 6. The largest absolute Gasteiger partial charge is 0.831 e. The SMILES string of the molecule is CC(=O)C([O-])(C(F)(F)F)C(F)(F)F. The van der Waals surface area contributed by atoms with Gasteiger partial charge in [0.1, 0.15) is 11.4 Å². The first kappa shape index (κ1) is 12.2. The molecule has 0 atom stereocenters. The van der Waals surface area contributed by atoms with Crippen LogP contribution in [0.4, 0.5) is 26.3 Å². The van der Waals surface area contributed by atoms with Crippen LogP contribution in [-0.2, 0) is 4.79 Å². The fraction of sp³-hybridized carbons (Fsp3) is 0.800. The van der Waals surface area contributed by atoms with Gasteiger partial charge in [0.25, 0.3) is 0 Å². The minimum absolute atomic E-state index is 0.0476. The van der Waals surface area contributed by atoms with Crippen LogP contribution in [0.1, 0.15) is 6.92 Å². The van der Waals surface area contributed by atoms with E-state index in [9.17, 15) is 36.2 Å². The molecule has 0 saturated heterocycles. The van der Waals surface area contributed by atoms with Gasteiger partial charge in [0, 0.05) is 0 Å². The van der Waals surface area contributed by atoms with Crippen LogP contribution in [-0.4, -0.2) is 23.7 Å². The number of Topliss-reactive ketones (excluding diaryl/α,β-unsaturated/α-hetero) is 1. The van der Waals surface area contributed by atoms with Crippen LogP contribution < -0.4 is 5.11 Å². The molecule has 2 nitrogen and oxygen atoms in total. The Morgan fingerprint density at radius 3 is 1.23 bits per heavy atom. The number of rotatable bonds is 1. The Hall–Kier alpha value is -0.790. The molecular weight excluding hydrogens is 206 g/mol. The lowest BCUT2D eigenvalue weighted by molar-refractivity contribution is -0.570. The van der Waals surface area contributed by atoms with Crippen molar-refractivity contribution in [2.45, 2.75) is 24.9 Å². The van der Waals surface area contributed by atoms with E-state index in [1.807, 2.05) is 0 Å². The van der Waals surface area contributed by atoms with E-state index in [0.717, 1.165) is 0 Å². The lowest BCUT2D eigenvalue weighted by atomic mass is 9.98. The molecule has 0 aliphatic heterocycles. The highest BCUT2D eigenvalue weighted by molar-refractivity contribution is 5.86. The highest BCUT2D eigenvalue weighted by Crippen LogP contribution is 2.41. The number of alkyl halides is 6. The summed E-state index contributed by atoms with van der Waals surface area (Å²) in [6.07, 6.45) is -12.3. The van der Waals surface area contributed by atoms with Crippen LogP contribution in [0.5, 0.6) is 0 Å². The van der Waals surface area contributed by atoms with Crippen molar-refractivity contribution in [1.82, 2.24) is 0 Å². The Bertz CT molecular complexity index is 200. The molecule has 78 valence electrons. The molecule has 0 N–H and O–H groups in total. The quantitative estimate of drug-likeness (QED) is 0.599. The lowest BCUT2D eigenvalue weighted by Gasteiger charge is -2.40. The zero-order valence-corrected chi connectivity index (χ0v) is 6.08. The standard InChI is InChI=1S/C5H3F6O2/c1-2(12)3(13,4(6,7)8)5(9,10)11/h1H3/q-1. The van der Waals surface area contributed by atoms with E-state index in [1.54, 1.807) is 0 Å². The molecule has 0 spiro atoms.